The lowest BCUT2D eigenvalue weighted by Crippen LogP contribution is -2.23. The SMILES string of the molecule is CC(C)(C)OC(=O)/C=C/C1CCCN1. The third kappa shape index (κ3) is 4.42. The zero-order valence-electron chi connectivity index (χ0n) is 9.17. The molecule has 0 aromatic heterocycles. The molecule has 1 heterocycles. The highest BCUT2D eigenvalue weighted by atomic mass is 16.6. The van der Waals surface area contributed by atoms with Crippen LogP contribution in [0.2, 0.25) is 0 Å². The van der Waals surface area contributed by atoms with Gasteiger partial charge in [-0.25, -0.2) is 4.79 Å². The molecule has 0 bridgehead atoms. The van der Waals surface area contributed by atoms with Crippen molar-refractivity contribution in [2.24, 2.45) is 0 Å². The van der Waals surface area contributed by atoms with E-state index in [0.717, 1.165) is 13.0 Å². The molecule has 0 aromatic carbocycles. The van der Waals surface area contributed by atoms with Crippen LogP contribution < -0.4 is 5.32 Å². The Balaban J connectivity index is 2.32. The minimum absolute atomic E-state index is 0.258. The van der Waals surface area contributed by atoms with Gasteiger partial charge in [-0.3, -0.25) is 0 Å². The van der Waals surface area contributed by atoms with Crippen molar-refractivity contribution in [2.75, 3.05) is 6.54 Å². The van der Waals surface area contributed by atoms with Gasteiger partial charge in [0.1, 0.15) is 5.60 Å². The smallest absolute Gasteiger partial charge is 0.330 e. The molecule has 1 aliphatic rings. The average molecular weight is 197 g/mol. The first-order valence-electron chi connectivity index (χ1n) is 5.12. The molecule has 1 saturated heterocycles. The molecule has 3 heteroatoms. The van der Waals surface area contributed by atoms with Crippen molar-refractivity contribution >= 4 is 5.97 Å². The molecule has 3 nitrogen and oxygen atoms in total. The summed E-state index contributed by atoms with van der Waals surface area (Å²) in [4.78, 5) is 11.3. The number of esters is 1. The molecule has 1 atom stereocenters. The van der Waals surface area contributed by atoms with Crippen molar-refractivity contribution in [1.82, 2.24) is 5.32 Å². The minimum Gasteiger partial charge on any atom is -0.457 e. The van der Waals surface area contributed by atoms with Crippen LogP contribution in [0.3, 0.4) is 0 Å². The lowest BCUT2D eigenvalue weighted by Gasteiger charge is -2.18. The standard InChI is InChI=1S/C11H19NO2/c1-11(2,3)14-10(13)7-6-9-5-4-8-12-9/h6-7,9,12H,4-5,8H2,1-3H3/b7-6+. The average Bonchev–Trinajstić information content (AvgIpc) is 2.49. The lowest BCUT2D eigenvalue weighted by molar-refractivity contribution is -0.148. The Morgan fingerprint density at radius 2 is 2.21 bits per heavy atom. The second-order valence-corrected chi connectivity index (χ2v) is 4.60. The summed E-state index contributed by atoms with van der Waals surface area (Å²) in [5.41, 5.74) is -0.398. The van der Waals surface area contributed by atoms with Gasteiger partial charge in [-0.2, -0.15) is 0 Å². The van der Waals surface area contributed by atoms with E-state index >= 15 is 0 Å². The Hall–Kier alpha value is -0.830. The van der Waals surface area contributed by atoms with Crippen molar-refractivity contribution in [1.29, 1.82) is 0 Å². The van der Waals surface area contributed by atoms with Crippen LogP contribution in [-0.2, 0) is 9.53 Å². The Morgan fingerprint density at radius 3 is 2.71 bits per heavy atom. The number of hydrogen-bond donors (Lipinski definition) is 1. The maximum atomic E-state index is 11.3. The molecule has 1 fully saturated rings. The number of ether oxygens (including phenoxy) is 1. The minimum atomic E-state index is -0.398. The van der Waals surface area contributed by atoms with Gasteiger partial charge >= 0.3 is 5.97 Å². The summed E-state index contributed by atoms with van der Waals surface area (Å²) in [5, 5.41) is 3.28. The lowest BCUT2D eigenvalue weighted by atomic mass is 10.2. The molecular formula is C11H19NO2. The maximum absolute atomic E-state index is 11.3. The van der Waals surface area contributed by atoms with Gasteiger partial charge in [-0.05, 0) is 40.2 Å². The predicted molar refractivity (Wildman–Crippen MR) is 56.0 cm³/mol. The molecule has 0 aliphatic carbocycles. The van der Waals surface area contributed by atoms with Gasteiger partial charge in [0, 0.05) is 12.1 Å². The molecule has 1 unspecified atom stereocenters. The summed E-state index contributed by atoms with van der Waals surface area (Å²) >= 11 is 0. The van der Waals surface area contributed by atoms with Crippen LogP contribution in [0.15, 0.2) is 12.2 Å². The van der Waals surface area contributed by atoms with E-state index in [2.05, 4.69) is 5.32 Å². The van der Waals surface area contributed by atoms with E-state index in [0.29, 0.717) is 6.04 Å². The van der Waals surface area contributed by atoms with Crippen molar-refractivity contribution in [3.8, 4) is 0 Å². The highest BCUT2D eigenvalue weighted by Gasteiger charge is 2.15. The van der Waals surface area contributed by atoms with E-state index in [1.54, 1.807) is 0 Å². The number of carbonyl (C=O) groups excluding carboxylic acids is 1. The summed E-state index contributed by atoms with van der Waals surface area (Å²) in [6.07, 6.45) is 5.71. The Labute approximate surface area is 85.5 Å². The molecule has 0 aromatic rings. The van der Waals surface area contributed by atoms with Crippen LogP contribution in [-0.4, -0.2) is 24.2 Å². The van der Waals surface area contributed by atoms with Crippen LogP contribution in [0.4, 0.5) is 0 Å². The number of hydrogen-bond acceptors (Lipinski definition) is 3. The van der Waals surface area contributed by atoms with Crippen molar-refractivity contribution < 1.29 is 9.53 Å². The molecule has 0 spiro atoms. The van der Waals surface area contributed by atoms with Crippen molar-refractivity contribution in [2.45, 2.75) is 45.3 Å². The number of nitrogens with one attached hydrogen (secondary N) is 1. The first-order chi connectivity index (χ1) is 6.47. The quantitative estimate of drug-likeness (QED) is 0.540. The predicted octanol–water partition coefficient (Wildman–Crippen LogP) is 1.64. The topological polar surface area (TPSA) is 38.3 Å². The number of rotatable bonds is 2. The first-order valence-corrected chi connectivity index (χ1v) is 5.12. The molecule has 1 rings (SSSR count). The van der Waals surface area contributed by atoms with Gasteiger partial charge in [-0.15, -0.1) is 0 Å². The van der Waals surface area contributed by atoms with E-state index in [1.807, 2.05) is 26.8 Å². The summed E-state index contributed by atoms with van der Waals surface area (Å²) in [5.74, 6) is -0.258. The summed E-state index contributed by atoms with van der Waals surface area (Å²) in [6, 6.07) is 0.350. The molecular weight excluding hydrogens is 178 g/mol. The van der Waals surface area contributed by atoms with Crippen molar-refractivity contribution in [3.63, 3.8) is 0 Å². The molecule has 80 valence electrons. The molecule has 0 radical (unpaired) electrons. The van der Waals surface area contributed by atoms with Gasteiger partial charge in [0.15, 0.2) is 0 Å². The van der Waals surface area contributed by atoms with Gasteiger partial charge in [0.25, 0.3) is 0 Å². The van der Waals surface area contributed by atoms with E-state index in [9.17, 15) is 4.79 Å². The largest absolute Gasteiger partial charge is 0.457 e. The van der Waals surface area contributed by atoms with E-state index < -0.39 is 5.60 Å². The summed E-state index contributed by atoms with van der Waals surface area (Å²) < 4.78 is 5.14. The second-order valence-electron chi connectivity index (χ2n) is 4.60. The van der Waals surface area contributed by atoms with E-state index in [1.165, 1.54) is 12.5 Å². The third-order valence-electron chi connectivity index (χ3n) is 1.97. The molecule has 1 N–H and O–H groups in total. The van der Waals surface area contributed by atoms with Crippen LogP contribution in [0, 0.1) is 0 Å². The first kappa shape index (κ1) is 11.2. The molecule has 1 aliphatic heterocycles. The van der Waals surface area contributed by atoms with E-state index in [4.69, 9.17) is 4.74 Å². The molecule has 14 heavy (non-hydrogen) atoms. The Morgan fingerprint density at radius 1 is 1.50 bits per heavy atom. The van der Waals surface area contributed by atoms with Crippen LogP contribution in [0.25, 0.3) is 0 Å². The Kier molecular flexibility index (Phi) is 3.69. The van der Waals surface area contributed by atoms with Gasteiger partial charge in [0.05, 0.1) is 0 Å². The fourth-order valence-electron chi connectivity index (χ4n) is 1.41. The second kappa shape index (κ2) is 4.60. The maximum Gasteiger partial charge on any atom is 0.330 e. The fraction of sp³-hybridized carbons (Fsp3) is 0.727. The Bertz CT molecular complexity index is 222. The summed E-state index contributed by atoms with van der Waals surface area (Å²) in [6.45, 7) is 6.65. The van der Waals surface area contributed by atoms with Gasteiger partial charge < -0.3 is 10.1 Å². The fourth-order valence-corrected chi connectivity index (χ4v) is 1.41. The third-order valence-corrected chi connectivity index (χ3v) is 1.97. The summed E-state index contributed by atoms with van der Waals surface area (Å²) in [7, 11) is 0. The monoisotopic (exact) mass is 197 g/mol. The van der Waals surface area contributed by atoms with Crippen LogP contribution >= 0.6 is 0 Å². The van der Waals surface area contributed by atoms with Crippen molar-refractivity contribution in [3.05, 3.63) is 12.2 Å². The normalized spacial score (nSPS) is 22.9. The molecule has 0 saturated carbocycles. The van der Waals surface area contributed by atoms with Gasteiger partial charge in [0.2, 0.25) is 0 Å². The zero-order chi connectivity index (χ0) is 10.6. The number of carbonyl (C=O) groups is 1. The highest BCUT2D eigenvalue weighted by molar-refractivity contribution is 5.82. The van der Waals surface area contributed by atoms with Crippen LogP contribution in [0.1, 0.15) is 33.6 Å². The zero-order valence-corrected chi connectivity index (χ0v) is 9.17. The highest BCUT2D eigenvalue weighted by Crippen LogP contribution is 2.09. The van der Waals surface area contributed by atoms with Gasteiger partial charge in [-0.1, -0.05) is 6.08 Å². The van der Waals surface area contributed by atoms with E-state index in [-0.39, 0.29) is 5.97 Å². The van der Waals surface area contributed by atoms with Crippen LogP contribution in [0.5, 0.6) is 0 Å². The molecule has 0 amide bonds.